The number of phenolic OH excluding ortho intramolecular Hbond substituents is 3. The fourth-order valence-corrected chi connectivity index (χ4v) is 3.60. The number of benzene rings is 3. The van der Waals surface area contributed by atoms with Crippen LogP contribution in [0.1, 0.15) is 30.5 Å². The molecule has 3 aromatic rings. The summed E-state index contributed by atoms with van der Waals surface area (Å²) in [6, 6.07) is 21.0. The zero-order valence-electron chi connectivity index (χ0n) is 21.4. The molecule has 0 aliphatic rings. The second-order valence-electron chi connectivity index (χ2n) is 9.49. The Bertz CT molecular complexity index is 1080. The van der Waals surface area contributed by atoms with Crippen LogP contribution in [0.2, 0.25) is 0 Å². The smallest absolute Gasteiger partial charge is 0.124 e. The zero-order valence-corrected chi connectivity index (χ0v) is 21.4. The van der Waals surface area contributed by atoms with Crippen molar-refractivity contribution in [1.82, 2.24) is 0 Å². The van der Waals surface area contributed by atoms with Gasteiger partial charge in [0.2, 0.25) is 0 Å². The maximum absolute atomic E-state index is 10.1. The van der Waals surface area contributed by atoms with E-state index in [0.29, 0.717) is 55.5 Å². The fraction of sp³-hybridized carbons (Fsp3) is 0.300. The van der Waals surface area contributed by atoms with Crippen LogP contribution in [0.3, 0.4) is 0 Å². The molecule has 0 saturated heterocycles. The third-order valence-corrected chi connectivity index (χ3v) is 5.64. The molecule has 3 aromatic carbocycles. The fourth-order valence-electron chi connectivity index (χ4n) is 3.60. The van der Waals surface area contributed by atoms with Gasteiger partial charge in [-0.25, -0.2) is 0 Å². The van der Waals surface area contributed by atoms with Crippen molar-refractivity contribution in [3.05, 3.63) is 89.5 Å². The molecule has 0 radical (unpaired) electrons. The summed E-state index contributed by atoms with van der Waals surface area (Å²) in [7, 11) is 0. The summed E-state index contributed by atoms with van der Waals surface area (Å²) in [6.45, 7) is 6.15. The van der Waals surface area contributed by atoms with Crippen LogP contribution >= 0.6 is 0 Å². The first-order valence-electron chi connectivity index (χ1n) is 12.3. The lowest BCUT2D eigenvalue weighted by Crippen LogP contribution is -2.37. The van der Waals surface area contributed by atoms with E-state index in [4.69, 9.17) is 4.74 Å². The van der Waals surface area contributed by atoms with Crippen molar-refractivity contribution in [3.63, 3.8) is 0 Å². The summed E-state index contributed by atoms with van der Waals surface area (Å²) < 4.78 is 6.07. The molecule has 7 nitrogen and oxygen atoms in total. The highest BCUT2D eigenvalue weighted by molar-refractivity contribution is 5.84. The average Bonchev–Trinajstić information content (AvgIpc) is 2.87. The summed E-state index contributed by atoms with van der Waals surface area (Å²) in [5.41, 5.74) is 1.26. The number of hydrogen-bond donors (Lipinski definition) is 3. The molecule has 0 unspecified atom stereocenters. The number of nitrogens with zero attached hydrogens (tertiary/aromatic N) is 3. The predicted molar refractivity (Wildman–Crippen MR) is 150 cm³/mol. The summed E-state index contributed by atoms with van der Waals surface area (Å²) in [4.78, 5) is 13.9. The van der Waals surface area contributed by atoms with Gasteiger partial charge in [-0.05, 0) is 42.3 Å². The minimum absolute atomic E-state index is 0.156. The SMILES string of the molecule is CC(C)COCC(CN=Cc1ccccc1O)(CN=Cc1ccccc1O)CN=Cc1ccccc1O. The molecule has 0 aliphatic heterocycles. The second-order valence-corrected chi connectivity index (χ2v) is 9.49. The molecule has 0 aliphatic carbocycles. The van der Waals surface area contributed by atoms with E-state index in [9.17, 15) is 15.3 Å². The second kappa shape index (κ2) is 13.9. The van der Waals surface area contributed by atoms with E-state index >= 15 is 0 Å². The first-order valence-corrected chi connectivity index (χ1v) is 12.3. The zero-order chi connectivity index (χ0) is 26.5. The van der Waals surface area contributed by atoms with Crippen LogP contribution in [-0.4, -0.2) is 66.8 Å². The number of rotatable bonds is 13. The number of para-hydroxylation sites is 3. The van der Waals surface area contributed by atoms with Crippen molar-refractivity contribution in [2.45, 2.75) is 13.8 Å². The molecule has 7 heteroatoms. The average molecular weight is 502 g/mol. The molecule has 0 saturated carbocycles. The van der Waals surface area contributed by atoms with Gasteiger partial charge in [-0.3, -0.25) is 15.0 Å². The Morgan fingerprint density at radius 1 is 0.649 bits per heavy atom. The Labute approximate surface area is 218 Å². The highest BCUT2D eigenvalue weighted by Gasteiger charge is 2.30. The molecule has 3 rings (SSSR count). The Morgan fingerprint density at radius 3 is 1.32 bits per heavy atom. The van der Waals surface area contributed by atoms with E-state index in [2.05, 4.69) is 28.8 Å². The van der Waals surface area contributed by atoms with Crippen molar-refractivity contribution < 1.29 is 20.1 Å². The minimum Gasteiger partial charge on any atom is -0.507 e. The normalized spacial score (nSPS) is 13.7. The third-order valence-electron chi connectivity index (χ3n) is 5.64. The first kappa shape index (κ1) is 27.6. The standard InChI is InChI=1S/C30H35N3O4/c1-23(2)18-37-22-30(19-31-15-24-9-3-6-12-27(24)34,20-32-16-25-10-4-7-13-28(25)35)21-33-17-26-11-5-8-14-29(26)36/h3-17,23,34-36H,18-22H2,1-2H3. The van der Waals surface area contributed by atoms with Gasteiger partial charge in [0.15, 0.2) is 0 Å². The van der Waals surface area contributed by atoms with Crippen molar-refractivity contribution in [1.29, 1.82) is 0 Å². The van der Waals surface area contributed by atoms with Crippen LogP contribution in [0.15, 0.2) is 87.8 Å². The van der Waals surface area contributed by atoms with Gasteiger partial charge in [0.25, 0.3) is 0 Å². The van der Waals surface area contributed by atoms with Gasteiger partial charge in [-0.2, -0.15) is 0 Å². The number of hydrogen-bond acceptors (Lipinski definition) is 7. The van der Waals surface area contributed by atoms with E-state index < -0.39 is 5.41 Å². The molecule has 194 valence electrons. The van der Waals surface area contributed by atoms with E-state index in [1.165, 1.54) is 0 Å². The van der Waals surface area contributed by atoms with Crippen LogP contribution < -0.4 is 0 Å². The lowest BCUT2D eigenvalue weighted by Gasteiger charge is -2.29. The highest BCUT2D eigenvalue weighted by atomic mass is 16.5. The molecule has 0 amide bonds. The van der Waals surface area contributed by atoms with Crippen molar-refractivity contribution in [3.8, 4) is 17.2 Å². The lowest BCUT2D eigenvalue weighted by atomic mass is 9.89. The first-order chi connectivity index (χ1) is 17.9. The van der Waals surface area contributed by atoms with E-state index in [0.717, 1.165) is 0 Å². The van der Waals surface area contributed by atoms with Crippen LogP contribution in [-0.2, 0) is 4.74 Å². The molecule has 3 N–H and O–H groups in total. The predicted octanol–water partition coefficient (Wildman–Crippen LogP) is 5.12. The van der Waals surface area contributed by atoms with Gasteiger partial charge in [-0.15, -0.1) is 0 Å². The monoisotopic (exact) mass is 501 g/mol. The number of phenols is 3. The Kier molecular flexibility index (Phi) is 10.4. The van der Waals surface area contributed by atoms with Crippen LogP contribution in [0, 0.1) is 11.3 Å². The van der Waals surface area contributed by atoms with Gasteiger partial charge in [0, 0.05) is 41.9 Å². The maximum atomic E-state index is 10.1. The number of aromatic hydroxyl groups is 3. The molecule has 0 aromatic heterocycles. The minimum atomic E-state index is -0.600. The molecule has 37 heavy (non-hydrogen) atoms. The topological polar surface area (TPSA) is 107 Å². The number of aliphatic imine (C=N–C) groups is 3. The van der Waals surface area contributed by atoms with E-state index in [-0.39, 0.29) is 17.2 Å². The van der Waals surface area contributed by atoms with Crippen molar-refractivity contribution >= 4 is 18.6 Å². The van der Waals surface area contributed by atoms with Gasteiger partial charge >= 0.3 is 0 Å². The molecular weight excluding hydrogens is 466 g/mol. The Hall–Kier alpha value is -3.97. The van der Waals surface area contributed by atoms with E-state index in [1.807, 2.05) is 18.2 Å². The third kappa shape index (κ3) is 8.88. The van der Waals surface area contributed by atoms with Crippen LogP contribution in [0.5, 0.6) is 17.2 Å². The highest BCUT2D eigenvalue weighted by Crippen LogP contribution is 2.23. The molecule has 0 atom stereocenters. The van der Waals surface area contributed by atoms with Crippen LogP contribution in [0.4, 0.5) is 0 Å². The Balaban J connectivity index is 1.88. The van der Waals surface area contributed by atoms with Gasteiger partial charge in [0.05, 0.1) is 31.7 Å². The number of ether oxygens (including phenoxy) is 1. The molecule has 0 heterocycles. The van der Waals surface area contributed by atoms with Gasteiger partial charge < -0.3 is 20.1 Å². The quantitative estimate of drug-likeness (QED) is 0.283. The summed E-state index contributed by atoms with van der Waals surface area (Å²) >= 11 is 0. The molecular formula is C30H35N3O4. The van der Waals surface area contributed by atoms with Crippen LogP contribution in [0.25, 0.3) is 0 Å². The summed E-state index contributed by atoms with van der Waals surface area (Å²) in [6.07, 6.45) is 4.93. The van der Waals surface area contributed by atoms with Crippen molar-refractivity contribution in [2.24, 2.45) is 26.3 Å². The maximum Gasteiger partial charge on any atom is 0.124 e. The van der Waals surface area contributed by atoms with Gasteiger partial charge in [0.1, 0.15) is 17.2 Å². The van der Waals surface area contributed by atoms with E-state index in [1.54, 1.807) is 73.2 Å². The molecule has 0 spiro atoms. The van der Waals surface area contributed by atoms with Crippen molar-refractivity contribution in [2.75, 3.05) is 32.8 Å². The summed E-state index contributed by atoms with van der Waals surface area (Å²) in [5, 5.41) is 30.4. The largest absolute Gasteiger partial charge is 0.507 e. The molecule has 0 bridgehead atoms. The summed E-state index contributed by atoms with van der Waals surface area (Å²) in [5.74, 6) is 0.825. The van der Waals surface area contributed by atoms with Gasteiger partial charge in [-0.1, -0.05) is 50.2 Å². The molecule has 0 fully saturated rings. The Morgan fingerprint density at radius 2 is 1.00 bits per heavy atom. The lowest BCUT2D eigenvalue weighted by molar-refractivity contribution is 0.0423.